The number of likely N-dealkylation sites (N-methyl/N-ethyl adjacent to an activating group) is 2. The van der Waals surface area contributed by atoms with Gasteiger partial charge >= 0.3 is 0 Å². The summed E-state index contributed by atoms with van der Waals surface area (Å²) >= 11 is 0. The summed E-state index contributed by atoms with van der Waals surface area (Å²) in [4.78, 5) is 25.0. The maximum Gasteiger partial charge on any atom is 0.275 e. The van der Waals surface area contributed by atoms with Crippen LogP contribution in [0.2, 0.25) is 0 Å². The predicted molar refractivity (Wildman–Crippen MR) is 227 cm³/mol. The largest absolute Gasteiger partial charge is 0.493 e. The molecule has 2 aromatic rings. The third kappa shape index (κ3) is 19.6. The van der Waals surface area contributed by atoms with Crippen LogP contribution in [0.25, 0.3) is 11.1 Å². The number of allylic oxidation sites excluding steroid dienone is 2. The molecule has 0 aliphatic rings. The molecule has 8 nitrogen and oxygen atoms in total. The summed E-state index contributed by atoms with van der Waals surface area (Å²) in [5.74, 6) is 2.01. The van der Waals surface area contributed by atoms with E-state index in [0.717, 1.165) is 99.3 Å². The standard InChI is InChI=1S/C46H74N4O4/c1-9-13-15-17-29-47-45(51)37-49(5,6)31-19-21-33-53-43-28-26-40(36-41(43)24-12-4)42-35-39(23-11-3)25-27-44(42)54-34-22-20-32-50(7,8)38-46(52)48-30-18-16-14-10-2/h11-12,25-28,35-36H,3-4,9-10,13-24,29-34,37-38H2,1-2,5-8H3/p+2. The smallest absolute Gasteiger partial charge is 0.275 e. The zero-order chi connectivity index (χ0) is 39.7. The number of amides is 2. The Morgan fingerprint density at radius 2 is 1.15 bits per heavy atom. The highest BCUT2D eigenvalue weighted by atomic mass is 16.5. The lowest BCUT2D eigenvalue weighted by molar-refractivity contribution is -0.882. The summed E-state index contributed by atoms with van der Waals surface area (Å²) in [6.45, 7) is 17.9. The van der Waals surface area contributed by atoms with Gasteiger partial charge in [0.05, 0.1) is 54.5 Å². The number of hydrogen-bond donors (Lipinski definition) is 2. The van der Waals surface area contributed by atoms with Gasteiger partial charge in [0.15, 0.2) is 13.1 Å². The Bertz CT molecular complexity index is 1400. The number of ether oxygens (including phenoxy) is 2. The molecule has 0 saturated heterocycles. The van der Waals surface area contributed by atoms with Crippen LogP contribution in [0.1, 0.15) is 102 Å². The Hall–Kier alpha value is -3.62. The van der Waals surface area contributed by atoms with Crippen molar-refractivity contribution in [2.45, 2.75) is 104 Å². The Morgan fingerprint density at radius 1 is 0.630 bits per heavy atom. The molecule has 2 rings (SSSR count). The number of carbonyl (C=O) groups is 2. The Morgan fingerprint density at radius 3 is 1.67 bits per heavy atom. The van der Waals surface area contributed by atoms with Crippen LogP contribution in [-0.2, 0) is 22.4 Å². The molecule has 0 aliphatic carbocycles. The lowest BCUT2D eigenvalue weighted by atomic mass is 9.97. The van der Waals surface area contributed by atoms with Crippen LogP contribution >= 0.6 is 0 Å². The molecule has 0 spiro atoms. The molecule has 8 heteroatoms. The van der Waals surface area contributed by atoms with E-state index in [-0.39, 0.29) is 11.8 Å². The molecule has 0 saturated carbocycles. The monoisotopic (exact) mass is 749 g/mol. The van der Waals surface area contributed by atoms with Gasteiger partial charge in [0.1, 0.15) is 11.5 Å². The van der Waals surface area contributed by atoms with Gasteiger partial charge < -0.3 is 29.1 Å². The molecule has 2 N–H and O–H groups in total. The van der Waals surface area contributed by atoms with Gasteiger partial charge in [-0.15, -0.1) is 13.2 Å². The van der Waals surface area contributed by atoms with Crippen LogP contribution < -0.4 is 20.1 Å². The topological polar surface area (TPSA) is 76.7 Å². The average Bonchev–Trinajstić information content (AvgIpc) is 3.12. The van der Waals surface area contributed by atoms with E-state index < -0.39 is 0 Å². The number of nitrogens with one attached hydrogen (secondary N) is 2. The quantitative estimate of drug-likeness (QED) is 0.0460. The van der Waals surface area contributed by atoms with E-state index in [0.29, 0.717) is 41.7 Å². The third-order valence-electron chi connectivity index (χ3n) is 9.84. The number of benzene rings is 2. The summed E-state index contributed by atoms with van der Waals surface area (Å²) < 4.78 is 14.1. The number of quaternary nitrogens is 2. The van der Waals surface area contributed by atoms with Gasteiger partial charge in [0.2, 0.25) is 0 Å². The maximum atomic E-state index is 12.5. The zero-order valence-corrected chi connectivity index (χ0v) is 35.1. The highest BCUT2D eigenvalue weighted by Gasteiger charge is 2.21. The molecule has 0 aliphatic heterocycles. The van der Waals surface area contributed by atoms with Gasteiger partial charge in [-0.05, 0) is 92.3 Å². The number of unbranched alkanes of at least 4 members (excludes halogenated alkanes) is 8. The lowest BCUT2D eigenvalue weighted by Crippen LogP contribution is -2.48. The molecule has 2 amide bonds. The van der Waals surface area contributed by atoms with Crippen LogP contribution in [0.15, 0.2) is 61.7 Å². The van der Waals surface area contributed by atoms with E-state index in [1.54, 1.807) is 0 Å². The minimum atomic E-state index is 0.133. The average molecular weight is 749 g/mol. The molecule has 0 bridgehead atoms. The molecular weight excluding hydrogens is 673 g/mol. The summed E-state index contributed by atoms with van der Waals surface area (Å²) in [6.07, 6.45) is 18.4. The van der Waals surface area contributed by atoms with Crippen LogP contribution in [-0.4, -0.2) is 101 Å². The van der Waals surface area contributed by atoms with E-state index >= 15 is 0 Å². The Kier molecular flexibility index (Phi) is 22.6. The molecule has 0 heterocycles. The van der Waals surface area contributed by atoms with Crippen molar-refractivity contribution in [2.75, 3.05) is 80.7 Å². The first-order chi connectivity index (χ1) is 25.9. The van der Waals surface area contributed by atoms with Crippen molar-refractivity contribution in [3.63, 3.8) is 0 Å². The van der Waals surface area contributed by atoms with Gasteiger partial charge in [-0.1, -0.05) is 76.7 Å². The fourth-order valence-electron chi connectivity index (χ4n) is 6.68. The van der Waals surface area contributed by atoms with Crippen LogP contribution in [0.5, 0.6) is 11.5 Å². The van der Waals surface area contributed by atoms with Crippen molar-refractivity contribution < 1.29 is 28.0 Å². The first-order valence-corrected chi connectivity index (χ1v) is 20.8. The minimum Gasteiger partial charge on any atom is -0.493 e. The second-order valence-electron chi connectivity index (χ2n) is 16.2. The summed E-state index contributed by atoms with van der Waals surface area (Å²) in [7, 11) is 8.50. The second kappa shape index (κ2) is 26.2. The van der Waals surface area contributed by atoms with E-state index in [2.05, 4.69) is 102 Å². The number of rotatable bonds is 31. The van der Waals surface area contributed by atoms with Gasteiger partial charge in [-0.3, -0.25) is 9.59 Å². The lowest BCUT2D eigenvalue weighted by Gasteiger charge is -2.29. The predicted octanol–water partition coefficient (Wildman–Crippen LogP) is 8.67. The van der Waals surface area contributed by atoms with Crippen LogP contribution in [0.3, 0.4) is 0 Å². The normalized spacial score (nSPS) is 11.6. The molecule has 0 radical (unpaired) electrons. The molecule has 302 valence electrons. The third-order valence-corrected chi connectivity index (χ3v) is 9.84. The van der Waals surface area contributed by atoms with Crippen molar-refractivity contribution in [3.8, 4) is 22.6 Å². The first kappa shape index (κ1) is 46.5. The number of nitrogens with zero attached hydrogens (tertiary/aromatic N) is 2. The summed E-state index contributed by atoms with van der Waals surface area (Å²) in [5, 5.41) is 6.18. The highest BCUT2D eigenvalue weighted by Crippen LogP contribution is 2.35. The van der Waals surface area contributed by atoms with Crippen molar-refractivity contribution in [1.29, 1.82) is 0 Å². The van der Waals surface area contributed by atoms with Crippen molar-refractivity contribution in [1.82, 2.24) is 10.6 Å². The summed E-state index contributed by atoms with van der Waals surface area (Å²) in [6, 6.07) is 12.8. The maximum absolute atomic E-state index is 12.5. The molecule has 2 aromatic carbocycles. The van der Waals surface area contributed by atoms with E-state index in [1.807, 2.05) is 12.2 Å². The van der Waals surface area contributed by atoms with E-state index in [1.165, 1.54) is 44.1 Å². The van der Waals surface area contributed by atoms with E-state index in [4.69, 9.17) is 9.47 Å². The molecule has 0 unspecified atom stereocenters. The van der Waals surface area contributed by atoms with Crippen LogP contribution in [0.4, 0.5) is 0 Å². The van der Waals surface area contributed by atoms with Gasteiger partial charge in [-0.2, -0.15) is 0 Å². The fourth-order valence-corrected chi connectivity index (χ4v) is 6.68. The van der Waals surface area contributed by atoms with Crippen molar-refractivity contribution in [2.24, 2.45) is 0 Å². The van der Waals surface area contributed by atoms with Gasteiger partial charge in [-0.25, -0.2) is 0 Å². The number of carbonyl (C=O) groups excluding carboxylic acids is 2. The molecule has 0 fully saturated rings. The fraction of sp³-hybridized carbons (Fsp3) is 0.609. The van der Waals surface area contributed by atoms with Crippen molar-refractivity contribution in [3.05, 3.63) is 72.8 Å². The summed E-state index contributed by atoms with van der Waals surface area (Å²) in [5.41, 5.74) is 4.43. The molecule has 0 atom stereocenters. The Balaban J connectivity index is 1.94. The van der Waals surface area contributed by atoms with Gasteiger partial charge in [0, 0.05) is 18.7 Å². The molecule has 0 aromatic heterocycles. The Labute approximate surface area is 329 Å². The van der Waals surface area contributed by atoms with Crippen LogP contribution in [0, 0.1) is 0 Å². The van der Waals surface area contributed by atoms with Crippen molar-refractivity contribution >= 4 is 11.8 Å². The zero-order valence-electron chi connectivity index (χ0n) is 35.1. The van der Waals surface area contributed by atoms with Gasteiger partial charge in [0.25, 0.3) is 11.8 Å². The molecule has 54 heavy (non-hydrogen) atoms. The second-order valence-corrected chi connectivity index (χ2v) is 16.2. The minimum absolute atomic E-state index is 0.133. The highest BCUT2D eigenvalue weighted by molar-refractivity contribution is 5.77. The molecular formula is C46H76N4O4+2. The SMILES string of the molecule is C=CCc1ccc(OCCCC[N+](C)(C)CC(=O)NCCCCCC)c(-c2ccc(OCCCC[N+](C)(C)CC(=O)NCCCCCC)c(CC=C)c2)c1. The number of hydrogen-bond acceptors (Lipinski definition) is 4. The first-order valence-electron chi connectivity index (χ1n) is 20.8. The van der Waals surface area contributed by atoms with E-state index in [9.17, 15) is 9.59 Å².